The number of hydrogen-bond donors (Lipinski definition) is 2. The van der Waals surface area contributed by atoms with Crippen LogP contribution in [0.5, 0.6) is 0 Å². The second kappa shape index (κ2) is 51.4. The maximum Gasteiger partial charge on any atom is 0.469 e. The predicted octanol–water partition coefficient (Wildman–Crippen LogP) is 18.3. The Balaban J connectivity index is 3.70. The van der Waals surface area contributed by atoms with E-state index < -0.39 is 32.5 Å². The third-order valence-electron chi connectivity index (χ3n) is 13.1. The van der Waals surface area contributed by atoms with E-state index in [0.717, 1.165) is 32.1 Å². The van der Waals surface area contributed by atoms with Crippen molar-refractivity contribution >= 4 is 19.8 Å². The zero-order valence-electron chi connectivity index (χ0n) is 42.7. The summed E-state index contributed by atoms with van der Waals surface area (Å²) in [5.74, 6) is -0.857. The Labute approximate surface area is 397 Å². The van der Waals surface area contributed by atoms with Crippen LogP contribution in [-0.4, -0.2) is 41.0 Å². The molecule has 0 aromatic heterocycles. The average molecular weight is 929 g/mol. The highest BCUT2D eigenvalue weighted by Gasteiger charge is 2.23. The van der Waals surface area contributed by atoms with Crippen LogP contribution < -0.4 is 0 Å². The molecule has 64 heavy (non-hydrogen) atoms. The Morgan fingerprint density at radius 1 is 0.344 bits per heavy atom. The quantitative estimate of drug-likeness (QED) is 0.0352. The Hall–Kier alpha value is -0.950. The van der Waals surface area contributed by atoms with Crippen LogP contribution in [0.2, 0.25) is 0 Å². The minimum Gasteiger partial charge on any atom is -0.462 e. The molecule has 8 nitrogen and oxygen atoms in total. The van der Waals surface area contributed by atoms with Crippen molar-refractivity contribution in [1.29, 1.82) is 0 Å². The second-order valence-electron chi connectivity index (χ2n) is 19.6. The summed E-state index contributed by atoms with van der Waals surface area (Å²) in [5.41, 5.74) is 0. The van der Waals surface area contributed by atoms with Gasteiger partial charge in [-0.25, -0.2) is 4.57 Å². The Morgan fingerprint density at radius 3 is 0.797 bits per heavy atom. The summed E-state index contributed by atoms with van der Waals surface area (Å²) >= 11 is 0. The van der Waals surface area contributed by atoms with E-state index in [-0.39, 0.29) is 19.4 Å². The molecule has 0 saturated heterocycles. The summed E-state index contributed by atoms with van der Waals surface area (Å²) in [5, 5.41) is 0. The molecule has 0 aliphatic rings. The normalized spacial score (nSPS) is 12.2. The SMILES string of the molecule is CCCCCCCCCCCCCCCCCCCCCCCCCC(=O)OCC(COP(=O)(O)O)OC(=O)CCCCCCCCCCCCCCCCCCCCCCCCC. The van der Waals surface area contributed by atoms with Crippen molar-refractivity contribution in [2.24, 2.45) is 0 Å². The van der Waals surface area contributed by atoms with Gasteiger partial charge in [-0.1, -0.05) is 296 Å². The first-order valence-corrected chi connectivity index (χ1v) is 29.9. The lowest BCUT2D eigenvalue weighted by molar-refractivity contribution is -0.161. The van der Waals surface area contributed by atoms with Crippen LogP contribution in [0.1, 0.15) is 322 Å². The summed E-state index contributed by atoms with van der Waals surface area (Å²) in [6, 6.07) is 0. The number of esters is 2. The van der Waals surface area contributed by atoms with E-state index in [0.29, 0.717) is 6.42 Å². The lowest BCUT2D eigenvalue weighted by atomic mass is 10.0. The first-order chi connectivity index (χ1) is 31.3. The fourth-order valence-electron chi connectivity index (χ4n) is 8.91. The molecule has 0 aliphatic carbocycles. The number of phosphoric acid groups is 1. The van der Waals surface area contributed by atoms with E-state index in [1.807, 2.05) is 0 Å². The number of rotatable bonds is 54. The van der Waals surface area contributed by atoms with Gasteiger partial charge in [0.2, 0.25) is 0 Å². The fourth-order valence-corrected chi connectivity index (χ4v) is 9.27. The molecule has 0 spiro atoms. The zero-order valence-corrected chi connectivity index (χ0v) is 43.6. The molecule has 1 atom stereocenters. The summed E-state index contributed by atoms with van der Waals surface area (Å²) in [4.78, 5) is 43.2. The Bertz CT molecular complexity index is 1000. The third kappa shape index (κ3) is 53.7. The molecule has 2 N–H and O–H groups in total. The van der Waals surface area contributed by atoms with Crippen molar-refractivity contribution in [2.75, 3.05) is 13.2 Å². The van der Waals surface area contributed by atoms with Crippen LogP contribution in [0.15, 0.2) is 0 Å². The van der Waals surface area contributed by atoms with E-state index in [1.54, 1.807) is 0 Å². The number of carbonyl (C=O) groups is 2. The van der Waals surface area contributed by atoms with Gasteiger partial charge in [-0.2, -0.15) is 0 Å². The molecule has 0 radical (unpaired) electrons. The van der Waals surface area contributed by atoms with Gasteiger partial charge < -0.3 is 19.3 Å². The first-order valence-electron chi connectivity index (χ1n) is 28.3. The minimum absolute atomic E-state index is 0.221. The minimum atomic E-state index is -4.76. The number of hydrogen-bond acceptors (Lipinski definition) is 6. The predicted molar refractivity (Wildman–Crippen MR) is 272 cm³/mol. The smallest absolute Gasteiger partial charge is 0.462 e. The highest BCUT2D eigenvalue weighted by Crippen LogP contribution is 2.36. The number of unbranched alkanes of at least 4 members (excludes halogenated alkanes) is 44. The van der Waals surface area contributed by atoms with Gasteiger partial charge in [0.05, 0.1) is 6.61 Å². The molecular weight excluding hydrogens is 820 g/mol. The van der Waals surface area contributed by atoms with Gasteiger partial charge in [0.15, 0.2) is 6.10 Å². The van der Waals surface area contributed by atoms with Crippen LogP contribution in [0.4, 0.5) is 0 Å². The van der Waals surface area contributed by atoms with Crippen LogP contribution in [0.25, 0.3) is 0 Å². The van der Waals surface area contributed by atoms with Gasteiger partial charge in [-0.15, -0.1) is 0 Å². The number of phosphoric ester groups is 1. The first kappa shape index (κ1) is 63.0. The molecule has 0 bridgehead atoms. The van der Waals surface area contributed by atoms with E-state index in [1.165, 1.54) is 257 Å². The molecule has 0 heterocycles. The standard InChI is InChI=1S/C55H109O8P/c1-3-5-7-9-11-13-15-17-19-21-23-25-27-29-31-33-35-37-39-41-43-45-47-49-54(56)61-51-53(52-62-64(58,59)60)63-55(57)50-48-46-44-42-40-38-36-34-32-30-28-26-24-22-20-18-16-14-12-10-8-6-4-2/h53H,3-52H2,1-2H3,(H2,58,59,60). The molecule has 9 heteroatoms. The van der Waals surface area contributed by atoms with Crippen molar-refractivity contribution in [2.45, 2.75) is 328 Å². The molecule has 0 aliphatic heterocycles. The van der Waals surface area contributed by atoms with Crippen molar-refractivity contribution in [3.63, 3.8) is 0 Å². The van der Waals surface area contributed by atoms with Crippen molar-refractivity contribution < 1.29 is 37.9 Å². The molecule has 0 aromatic rings. The second-order valence-corrected chi connectivity index (χ2v) is 20.9. The maximum atomic E-state index is 12.5. The van der Waals surface area contributed by atoms with Gasteiger partial charge in [-0.05, 0) is 12.8 Å². The number of ether oxygens (including phenoxy) is 2. The highest BCUT2D eigenvalue weighted by atomic mass is 31.2. The van der Waals surface area contributed by atoms with Gasteiger partial charge in [0.25, 0.3) is 0 Å². The zero-order chi connectivity index (χ0) is 46.7. The van der Waals surface area contributed by atoms with E-state index >= 15 is 0 Å². The number of carbonyl (C=O) groups excluding carboxylic acids is 2. The topological polar surface area (TPSA) is 119 Å². The van der Waals surface area contributed by atoms with Crippen LogP contribution in [-0.2, 0) is 28.2 Å². The van der Waals surface area contributed by atoms with Crippen LogP contribution in [0, 0.1) is 0 Å². The van der Waals surface area contributed by atoms with E-state index in [2.05, 4.69) is 18.4 Å². The molecule has 0 rings (SSSR count). The van der Waals surface area contributed by atoms with Crippen molar-refractivity contribution in [3.8, 4) is 0 Å². The molecular formula is C55H109O8P. The largest absolute Gasteiger partial charge is 0.469 e. The highest BCUT2D eigenvalue weighted by molar-refractivity contribution is 7.46. The Morgan fingerprint density at radius 2 is 0.562 bits per heavy atom. The molecule has 1 unspecified atom stereocenters. The summed E-state index contributed by atoms with van der Waals surface area (Å²) in [6.45, 7) is 3.77. The molecule has 382 valence electrons. The molecule has 0 aromatic carbocycles. The van der Waals surface area contributed by atoms with Crippen LogP contribution in [0.3, 0.4) is 0 Å². The van der Waals surface area contributed by atoms with E-state index in [4.69, 9.17) is 19.3 Å². The van der Waals surface area contributed by atoms with E-state index in [9.17, 15) is 14.2 Å². The molecule has 0 fully saturated rings. The lowest BCUT2D eigenvalue weighted by Crippen LogP contribution is -2.29. The van der Waals surface area contributed by atoms with Crippen molar-refractivity contribution in [3.05, 3.63) is 0 Å². The summed E-state index contributed by atoms with van der Waals surface area (Å²) < 4.78 is 26.6. The lowest BCUT2D eigenvalue weighted by Gasteiger charge is -2.18. The van der Waals surface area contributed by atoms with Crippen molar-refractivity contribution in [1.82, 2.24) is 0 Å². The van der Waals surface area contributed by atoms with Gasteiger partial charge >= 0.3 is 19.8 Å². The summed E-state index contributed by atoms with van der Waals surface area (Å²) in [6.07, 6.45) is 60.0. The third-order valence-corrected chi connectivity index (χ3v) is 13.6. The average Bonchev–Trinajstić information content (AvgIpc) is 3.27. The van der Waals surface area contributed by atoms with Gasteiger partial charge in [-0.3, -0.25) is 14.1 Å². The monoisotopic (exact) mass is 929 g/mol. The summed E-state index contributed by atoms with van der Waals surface area (Å²) in [7, 11) is -4.76. The van der Waals surface area contributed by atoms with Gasteiger partial charge in [0, 0.05) is 12.8 Å². The van der Waals surface area contributed by atoms with Gasteiger partial charge in [0.1, 0.15) is 6.61 Å². The Kier molecular flexibility index (Phi) is 50.7. The van der Waals surface area contributed by atoms with Crippen LogP contribution >= 0.6 is 7.82 Å². The molecule has 0 saturated carbocycles. The fraction of sp³-hybridized carbons (Fsp3) is 0.964. The maximum absolute atomic E-state index is 12.5. The molecule has 0 amide bonds.